The number of hydrogen-bond acceptors (Lipinski definition) is 5. The van der Waals surface area contributed by atoms with Crippen molar-refractivity contribution in [2.45, 2.75) is 19.3 Å². The van der Waals surface area contributed by atoms with Crippen LogP contribution in [0.4, 0.5) is 0 Å². The molecule has 0 spiro atoms. The molecule has 4 rings (SSSR count). The number of pyridine rings is 1. The lowest BCUT2D eigenvalue weighted by Gasteiger charge is -2.31. The molecule has 154 valence electrons. The van der Waals surface area contributed by atoms with Gasteiger partial charge in [-0.3, -0.25) is 14.6 Å². The van der Waals surface area contributed by atoms with Crippen LogP contribution in [-0.4, -0.2) is 39.6 Å². The zero-order valence-electron chi connectivity index (χ0n) is 16.1. The first-order valence-electron chi connectivity index (χ1n) is 9.63. The number of likely N-dealkylation sites (tertiary alicyclic amines) is 1. The van der Waals surface area contributed by atoms with Crippen LogP contribution in [0.2, 0.25) is 10.0 Å². The fourth-order valence-electron chi connectivity index (χ4n) is 3.55. The van der Waals surface area contributed by atoms with Crippen LogP contribution in [0, 0.1) is 5.92 Å². The minimum Gasteiger partial charge on any atom is -0.342 e. The maximum atomic E-state index is 12.7. The molecule has 3 heterocycles. The maximum Gasteiger partial charge on any atom is 0.228 e. The largest absolute Gasteiger partial charge is 0.342 e. The van der Waals surface area contributed by atoms with Crippen molar-refractivity contribution in [2.75, 3.05) is 13.1 Å². The number of halogens is 2. The SMILES string of the molecule is O=C(c1ccc(Cl)c(Cl)c1)C1CCN(C(=O)Cc2csc(-c3cccnc3)n2)CC1. The number of nitrogens with zero attached hydrogens (tertiary/aromatic N) is 3. The van der Waals surface area contributed by atoms with E-state index in [9.17, 15) is 9.59 Å². The van der Waals surface area contributed by atoms with Crippen molar-refractivity contribution >= 4 is 46.2 Å². The zero-order chi connectivity index (χ0) is 21.1. The molecule has 0 bridgehead atoms. The van der Waals surface area contributed by atoms with Crippen LogP contribution in [0.3, 0.4) is 0 Å². The summed E-state index contributed by atoms with van der Waals surface area (Å²) in [7, 11) is 0. The van der Waals surface area contributed by atoms with Gasteiger partial charge in [0.15, 0.2) is 5.78 Å². The van der Waals surface area contributed by atoms with Gasteiger partial charge in [0, 0.05) is 47.9 Å². The van der Waals surface area contributed by atoms with Crippen molar-refractivity contribution < 1.29 is 9.59 Å². The minimum absolute atomic E-state index is 0.0403. The fourth-order valence-corrected chi connectivity index (χ4v) is 4.66. The number of carbonyl (C=O) groups is 2. The maximum absolute atomic E-state index is 12.7. The van der Waals surface area contributed by atoms with E-state index in [-0.39, 0.29) is 24.0 Å². The van der Waals surface area contributed by atoms with Gasteiger partial charge in [0.2, 0.25) is 5.91 Å². The number of benzene rings is 1. The van der Waals surface area contributed by atoms with Gasteiger partial charge in [-0.1, -0.05) is 23.2 Å². The predicted molar refractivity (Wildman–Crippen MR) is 119 cm³/mol. The normalized spacial score (nSPS) is 14.7. The molecule has 0 unspecified atom stereocenters. The van der Waals surface area contributed by atoms with Crippen LogP contribution in [0.15, 0.2) is 48.1 Å². The van der Waals surface area contributed by atoms with Gasteiger partial charge in [-0.2, -0.15) is 0 Å². The van der Waals surface area contributed by atoms with E-state index in [0.29, 0.717) is 41.5 Å². The van der Waals surface area contributed by atoms with E-state index in [0.717, 1.165) is 16.3 Å². The number of Topliss-reactive ketones (excluding diaryl/α,β-unsaturated/α-hetero) is 1. The Morgan fingerprint density at radius 1 is 1.13 bits per heavy atom. The van der Waals surface area contributed by atoms with Crippen molar-refractivity contribution in [3.05, 3.63) is 69.4 Å². The molecule has 1 aliphatic heterocycles. The first-order valence-corrected chi connectivity index (χ1v) is 11.3. The number of ketones is 1. The number of piperidine rings is 1. The number of carbonyl (C=O) groups excluding carboxylic acids is 2. The van der Waals surface area contributed by atoms with Crippen molar-refractivity contribution in [3.63, 3.8) is 0 Å². The number of aromatic nitrogens is 2. The molecule has 1 aromatic carbocycles. The molecule has 0 atom stereocenters. The third-order valence-electron chi connectivity index (χ3n) is 5.22. The summed E-state index contributed by atoms with van der Waals surface area (Å²) in [6.45, 7) is 1.13. The Bertz CT molecular complexity index is 1060. The van der Waals surface area contributed by atoms with Gasteiger partial charge in [-0.25, -0.2) is 4.98 Å². The smallest absolute Gasteiger partial charge is 0.228 e. The third kappa shape index (κ3) is 4.72. The summed E-state index contributed by atoms with van der Waals surface area (Å²) in [5.74, 6) is -0.0116. The Labute approximate surface area is 188 Å². The molecule has 1 amide bonds. The van der Waals surface area contributed by atoms with Crippen molar-refractivity contribution in [1.29, 1.82) is 0 Å². The second kappa shape index (κ2) is 9.25. The van der Waals surface area contributed by atoms with Crippen LogP contribution in [0.5, 0.6) is 0 Å². The first kappa shape index (κ1) is 21.0. The molecule has 0 saturated carbocycles. The lowest BCUT2D eigenvalue weighted by atomic mass is 9.89. The van der Waals surface area contributed by atoms with Gasteiger partial charge in [0.25, 0.3) is 0 Å². The summed E-state index contributed by atoms with van der Waals surface area (Å²) in [5.41, 5.74) is 2.28. The highest BCUT2D eigenvalue weighted by Crippen LogP contribution is 2.28. The van der Waals surface area contributed by atoms with E-state index in [1.165, 1.54) is 11.3 Å². The topological polar surface area (TPSA) is 63.2 Å². The predicted octanol–water partition coefficient (Wildman–Crippen LogP) is 5.18. The van der Waals surface area contributed by atoms with Crippen LogP contribution in [0.1, 0.15) is 28.9 Å². The number of amides is 1. The van der Waals surface area contributed by atoms with Gasteiger partial charge in [0.05, 0.1) is 22.2 Å². The van der Waals surface area contributed by atoms with Crippen LogP contribution < -0.4 is 0 Å². The van der Waals surface area contributed by atoms with Crippen LogP contribution >= 0.6 is 34.5 Å². The van der Waals surface area contributed by atoms with E-state index >= 15 is 0 Å². The van der Waals surface area contributed by atoms with E-state index in [4.69, 9.17) is 23.2 Å². The van der Waals surface area contributed by atoms with Gasteiger partial charge < -0.3 is 4.90 Å². The van der Waals surface area contributed by atoms with Crippen LogP contribution in [0.25, 0.3) is 10.6 Å². The molecule has 8 heteroatoms. The van der Waals surface area contributed by atoms with E-state index in [2.05, 4.69) is 9.97 Å². The van der Waals surface area contributed by atoms with Crippen LogP contribution in [-0.2, 0) is 11.2 Å². The quantitative estimate of drug-likeness (QED) is 0.493. The average Bonchev–Trinajstić information content (AvgIpc) is 3.24. The molecule has 1 saturated heterocycles. The summed E-state index contributed by atoms with van der Waals surface area (Å²) in [5, 5.41) is 3.59. The van der Waals surface area contributed by atoms with Crippen molar-refractivity contribution in [3.8, 4) is 10.6 Å². The molecule has 2 aromatic heterocycles. The molecule has 0 radical (unpaired) electrons. The zero-order valence-corrected chi connectivity index (χ0v) is 18.4. The molecule has 30 heavy (non-hydrogen) atoms. The number of rotatable bonds is 5. The third-order valence-corrected chi connectivity index (χ3v) is 6.89. The van der Waals surface area contributed by atoms with E-state index < -0.39 is 0 Å². The fraction of sp³-hybridized carbons (Fsp3) is 0.273. The van der Waals surface area contributed by atoms with Gasteiger partial charge in [-0.05, 0) is 43.2 Å². The lowest BCUT2D eigenvalue weighted by molar-refractivity contribution is -0.131. The number of hydrogen-bond donors (Lipinski definition) is 0. The summed E-state index contributed by atoms with van der Waals surface area (Å²) in [6, 6.07) is 8.78. The summed E-state index contributed by atoms with van der Waals surface area (Å²) in [4.78, 5) is 35.9. The second-order valence-electron chi connectivity index (χ2n) is 7.21. The lowest BCUT2D eigenvalue weighted by Crippen LogP contribution is -2.41. The van der Waals surface area contributed by atoms with Crippen molar-refractivity contribution in [1.82, 2.24) is 14.9 Å². The monoisotopic (exact) mass is 459 g/mol. The minimum atomic E-state index is -0.109. The Kier molecular flexibility index (Phi) is 6.46. The molecule has 0 aliphatic carbocycles. The molecular formula is C22H19Cl2N3O2S. The summed E-state index contributed by atoms with van der Waals surface area (Å²) >= 11 is 13.5. The summed E-state index contributed by atoms with van der Waals surface area (Å²) < 4.78 is 0. The van der Waals surface area contributed by atoms with Gasteiger partial charge >= 0.3 is 0 Å². The Hall–Kier alpha value is -2.28. The first-order chi connectivity index (χ1) is 14.5. The average molecular weight is 460 g/mol. The Balaban J connectivity index is 1.33. The molecule has 3 aromatic rings. The Morgan fingerprint density at radius 2 is 1.93 bits per heavy atom. The second-order valence-corrected chi connectivity index (χ2v) is 8.88. The molecule has 1 fully saturated rings. The molecule has 0 N–H and O–H groups in total. The van der Waals surface area contributed by atoms with E-state index in [1.54, 1.807) is 30.6 Å². The van der Waals surface area contributed by atoms with E-state index in [1.807, 2.05) is 22.4 Å². The molecule has 1 aliphatic rings. The highest BCUT2D eigenvalue weighted by Gasteiger charge is 2.28. The molecule has 5 nitrogen and oxygen atoms in total. The highest BCUT2D eigenvalue weighted by atomic mass is 35.5. The summed E-state index contributed by atoms with van der Waals surface area (Å²) in [6.07, 6.45) is 5.03. The number of thiazole rings is 1. The highest BCUT2D eigenvalue weighted by molar-refractivity contribution is 7.13. The standard InChI is InChI=1S/C22H19Cl2N3O2S/c23-18-4-3-15(10-19(18)24)21(29)14-5-8-27(9-6-14)20(28)11-17-13-30-22(26-17)16-2-1-7-25-12-16/h1-4,7,10,12-14H,5-6,8-9,11H2. The van der Waals surface area contributed by atoms with Gasteiger partial charge in [-0.15, -0.1) is 11.3 Å². The van der Waals surface area contributed by atoms with Gasteiger partial charge in [0.1, 0.15) is 5.01 Å². The van der Waals surface area contributed by atoms with Crippen molar-refractivity contribution in [2.24, 2.45) is 5.92 Å². The molecular weight excluding hydrogens is 441 g/mol. The Morgan fingerprint density at radius 3 is 2.63 bits per heavy atom.